The Morgan fingerprint density at radius 2 is 2.03 bits per heavy atom. The number of anilines is 1. The predicted octanol–water partition coefficient (Wildman–Crippen LogP) is 2.96. The van der Waals surface area contributed by atoms with Gasteiger partial charge in [0.05, 0.1) is 63.5 Å². The molecule has 3 aliphatic carbocycles. The van der Waals surface area contributed by atoms with Crippen molar-refractivity contribution in [3.05, 3.63) is 47.8 Å². The third-order valence-corrected chi connectivity index (χ3v) is 6.92. The van der Waals surface area contributed by atoms with E-state index in [0.29, 0.717) is 41.9 Å². The summed E-state index contributed by atoms with van der Waals surface area (Å²) in [4.78, 5) is 17.4. The van der Waals surface area contributed by atoms with Gasteiger partial charge in [-0.2, -0.15) is 15.6 Å². The summed E-state index contributed by atoms with van der Waals surface area (Å²) in [6.45, 7) is 2.34. The molecule has 3 heterocycles. The molecule has 0 saturated heterocycles. The molecule has 3 aromatic rings. The highest BCUT2D eigenvalue weighted by atomic mass is 19.1. The number of fused-ring (bicyclic) bond motifs is 1. The molecule has 178 valence electrons. The molecule has 1 atom stereocenters. The average molecular weight is 474 g/mol. The van der Waals surface area contributed by atoms with Crippen LogP contribution in [0.4, 0.5) is 10.1 Å². The molecule has 9 nitrogen and oxygen atoms in total. The molecule has 0 radical (unpaired) electrons. The molecular formula is C25H24FN7O2. The van der Waals surface area contributed by atoms with Gasteiger partial charge >= 0.3 is 0 Å². The first-order chi connectivity index (χ1) is 16.6. The molecule has 3 fully saturated rings. The number of carbonyl (C=O) groups is 1. The average Bonchev–Trinajstić information content (AvgIpc) is 3.20. The zero-order valence-corrected chi connectivity index (χ0v) is 19.3. The van der Waals surface area contributed by atoms with Crippen molar-refractivity contribution >= 4 is 17.1 Å². The van der Waals surface area contributed by atoms with Crippen LogP contribution < -0.4 is 10.6 Å². The fraction of sp³-hybridized carbons (Fsp3) is 0.400. The molecule has 3 N–H and O–H groups in total. The first-order valence-corrected chi connectivity index (χ1v) is 11.3. The van der Waals surface area contributed by atoms with Crippen molar-refractivity contribution in [2.75, 3.05) is 11.9 Å². The standard InChI is InChI=1S/C25H24FN7O2/c1-23(2,35)21(26)10-30-22(34)17-9-29-19(6-18(17)32-25-11-24(12-25,13-25)14-28)20-4-3-16-5-15(7-27)8-31-33(16)20/h3-6,8-9,21,35H,10-13H2,1-2H3,(H,29,32)(H,30,34). The number of nitriles is 2. The lowest BCUT2D eigenvalue weighted by atomic mass is 9.40. The van der Waals surface area contributed by atoms with Gasteiger partial charge < -0.3 is 15.7 Å². The third kappa shape index (κ3) is 3.86. The van der Waals surface area contributed by atoms with Gasteiger partial charge in [-0.3, -0.25) is 9.78 Å². The minimum absolute atomic E-state index is 0.244. The number of nitrogens with one attached hydrogen (secondary N) is 2. The summed E-state index contributed by atoms with van der Waals surface area (Å²) in [6.07, 6.45) is 3.36. The van der Waals surface area contributed by atoms with Crippen LogP contribution in [0, 0.1) is 28.1 Å². The Bertz CT molecular complexity index is 1410. The number of hydrogen-bond donors (Lipinski definition) is 3. The van der Waals surface area contributed by atoms with Crippen LogP contribution >= 0.6 is 0 Å². The van der Waals surface area contributed by atoms with Crippen molar-refractivity contribution in [2.45, 2.75) is 50.4 Å². The molecule has 3 saturated carbocycles. The summed E-state index contributed by atoms with van der Waals surface area (Å²) in [5, 5.41) is 38.6. The highest BCUT2D eigenvalue weighted by molar-refractivity contribution is 6.00. The van der Waals surface area contributed by atoms with Gasteiger partial charge in [-0.1, -0.05) is 0 Å². The Balaban J connectivity index is 1.47. The fourth-order valence-corrected chi connectivity index (χ4v) is 4.99. The van der Waals surface area contributed by atoms with Crippen molar-refractivity contribution in [1.82, 2.24) is 19.9 Å². The SMILES string of the molecule is CC(C)(O)C(F)CNC(=O)c1cnc(-c2ccc3cc(C#N)cnn23)cc1NC12CC(C#N)(C1)C2. The predicted molar refractivity (Wildman–Crippen MR) is 125 cm³/mol. The number of aliphatic hydroxyl groups is 1. The van der Waals surface area contributed by atoms with E-state index in [1.807, 2.05) is 12.1 Å². The Morgan fingerprint density at radius 3 is 2.69 bits per heavy atom. The molecule has 1 amide bonds. The fourth-order valence-electron chi connectivity index (χ4n) is 4.99. The number of hydrogen-bond acceptors (Lipinski definition) is 7. The summed E-state index contributed by atoms with van der Waals surface area (Å²) in [6, 6.07) is 11.6. The molecule has 3 aliphatic rings. The molecular weight excluding hydrogens is 449 g/mol. The number of pyridine rings is 1. The summed E-state index contributed by atoms with van der Waals surface area (Å²) in [7, 11) is 0. The van der Waals surface area contributed by atoms with Crippen LogP contribution in [0.3, 0.4) is 0 Å². The summed E-state index contributed by atoms with van der Waals surface area (Å²) in [5.41, 5.74) is 1.07. The highest BCUT2D eigenvalue weighted by Crippen LogP contribution is 2.68. The Morgan fingerprint density at radius 1 is 1.29 bits per heavy atom. The van der Waals surface area contributed by atoms with Crippen LogP contribution in [0.5, 0.6) is 0 Å². The highest BCUT2D eigenvalue weighted by Gasteiger charge is 2.68. The van der Waals surface area contributed by atoms with E-state index in [9.17, 15) is 19.6 Å². The normalized spacial score (nSPS) is 23.4. The molecule has 35 heavy (non-hydrogen) atoms. The molecule has 1 unspecified atom stereocenters. The van der Waals surface area contributed by atoms with Crippen LogP contribution in [-0.2, 0) is 0 Å². The van der Waals surface area contributed by atoms with Gasteiger partial charge in [0, 0.05) is 11.7 Å². The Labute approximate surface area is 201 Å². The van der Waals surface area contributed by atoms with Crippen LogP contribution in [0.1, 0.15) is 49.0 Å². The van der Waals surface area contributed by atoms with E-state index in [1.54, 1.807) is 16.6 Å². The van der Waals surface area contributed by atoms with Gasteiger partial charge in [-0.05, 0) is 57.4 Å². The van der Waals surface area contributed by atoms with Crippen molar-refractivity contribution in [3.8, 4) is 23.5 Å². The van der Waals surface area contributed by atoms with Crippen molar-refractivity contribution in [1.29, 1.82) is 10.5 Å². The number of rotatable bonds is 7. The van der Waals surface area contributed by atoms with Crippen molar-refractivity contribution in [3.63, 3.8) is 0 Å². The zero-order chi connectivity index (χ0) is 25.0. The smallest absolute Gasteiger partial charge is 0.255 e. The van der Waals surface area contributed by atoms with E-state index in [4.69, 9.17) is 5.26 Å². The summed E-state index contributed by atoms with van der Waals surface area (Å²) in [5.74, 6) is -0.517. The van der Waals surface area contributed by atoms with Crippen molar-refractivity contribution < 1.29 is 14.3 Å². The lowest BCUT2D eigenvalue weighted by molar-refractivity contribution is -0.0660. The molecule has 0 aliphatic heterocycles. The number of halogens is 1. The number of nitrogens with zero attached hydrogens (tertiary/aromatic N) is 5. The van der Waals surface area contributed by atoms with Gasteiger partial charge in [-0.25, -0.2) is 8.91 Å². The molecule has 2 bridgehead atoms. The maximum Gasteiger partial charge on any atom is 0.255 e. The third-order valence-electron chi connectivity index (χ3n) is 6.92. The minimum Gasteiger partial charge on any atom is -0.387 e. The molecule has 10 heteroatoms. The van der Waals surface area contributed by atoms with E-state index >= 15 is 0 Å². The first kappa shape index (κ1) is 22.8. The maximum atomic E-state index is 14.2. The maximum absolute atomic E-state index is 14.2. The largest absolute Gasteiger partial charge is 0.387 e. The van der Waals surface area contributed by atoms with E-state index in [1.165, 1.54) is 26.2 Å². The molecule has 6 rings (SSSR count). The molecule has 0 spiro atoms. The van der Waals surface area contributed by atoms with E-state index < -0.39 is 17.7 Å². The Hall–Kier alpha value is -4.02. The van der Waals surface area contributed by atoms with Gasteiger partial charge in [0.2, 0.25) is 0 Å². The number of carbonyl (C=O) groups excluding carboxylic acids is 1. The van der Waals surface area contributed by atoms with E-state index in [-0.39, 0.29) is 23.1 Å². The van der Waals surface area contributed by atoms with Crippen LogP contribution in [0.15, 0.2) is 36.7 Å². The first-order valence-electron chi connectivity index (χ1n) is 11.3. The van der Waals surface area contributed by atoms with Gasteiger partial charge in [0.1, 0.15) is 12.2 Å². The molecule has 0 aromatic carbocycles. The van der Waals surface area contributed by atoms with Crippen molar-refractivity contribution in [2.24, 2.45) is 5.41 Å². The number of aromatic nitrogens is 3. The molecule has 3 aromatic heterocycles. The zero-order valence-electron chi connectivity index (χ0n) is 19.3. The number of alkyl halides is 1. The number of amides is 1. The van der Waals surface area contributed by atoms with Crippen LogP contribution in [0.25, 0.3) is 16.9 Å². The van der Waals surface area contributed by atoms with E-state index in [2.05, 4.69) is 32.9 Å². The summed E-state index contributed by atoms with van der Waals surface area (Å²) >= 11 is 0. The second-order valence-electron chi connectivity index (χ2n) is 10.2. The topological polar surface area (TPSA) is 139 Å². The van der Waals surface area contributed by atoms with Crippen LogP contribution in [0.2, 0.25) is 0 Å². The van der Waals surface area contributed by atoms with E-state index in [0.717, 1.165) is 5.52 Å². The minimum atomic E-state index is -1.64. The lowest BCUT2D eigenvalue weighted by Gasteiger charge is -2.67. The van der Waals surface area contributed by atoms with Gasteiger partial charge in [0.15, 0.2) is 0 Å². The Kier molecular flexibility index (Phi) is 5.04. The second kappa shape index (κ2) is 7.76. The summed E-state index contributed by atoms with van der Waals surface area (Å²) < 4.78 is 15.9. The monoisotopic (exact) mass is 473 g/mol. The second-order valence-corrected chi connectivity index (χ2v) is 10.2. The van der Waals surface area contributed by atoms with Gasteiger partial charge in [0.25, 0.3) is 5.91 Å². The lowest BCUT2D eigenvalue weighted by Crippen LogP contribution is -2.70. The van der Waals surface area contributed by atoms with Crippen LogP contribution in [-0.4, -0.2) is 49.5 Å². The quantitative estimate of drug-likeness (QED) is 0.479. The van der Waals surface area contributed by atoms with Gasteiger partial charge in [-0.15, -0.1) is 0 Å².